The van der Waals surface area contributed by atoms with E-state index < -0.39 is 18.1 Å². The van der Waals surface area contributed by atoms with E-state index in [0.29, 0.717) is 30.7 Å². The molecule has 11 heteroatoms. The molecule has 0 saturated heterocycles. The van der Waals surface area contributed by atoms with Crippen LogP contribution in [-0.2, 0) is 23.2 Å². The second-order valence-electron chi connectivity index (χ2n) is 7.61. The number of carbonyl (C=O) groups excluding carboxylic acids is 2. The van der Waals surface area contributed by atoms with Crippen LogP contribution in [0.4, 0.5) is 0 Å². The number of aliphatic carboxylic acids is 1. The van der Waals surface area contributed by atoms with E-state index in [1.807, 2.05) is 4.40 Å². The molecule has 1 aliphatic carbocycles. The van der Waals surface area contributed by atoms with Crippen molar-refractivity contribution >= 4 is 23.4 Å². The standard InChI is InChI=1S/C19H22N6O3.C2H4O2/c1-24-5-2-3-15(24)19(28)23-14-7-12(8-16(14)26)18(27)22-10-13-9-21-17-11-20-4-6-25(13)17;1-2(3)4/h2-6,9,11-12,14,16,26H,7-8,10H2,1H3,(H,22,27)(H,23,28);1H3,(H,3,4)/t12-,14+,16+;/m0./s1. The Morgan fingerprint density at radius 2 is 1.97 bits per heavy atom. The Hall–Kier alpha value is -3.73. The van der Waals surface area contributed by atoms with Crippen molar-refractivity contribution in [3.05, 3.63) is 54.5 Å². The smallest absolute Gasteiger partial charge is 0.300 e. The Morgan fingerprint density at radius 1 is 1.22 bits per heavy atom. The van der Waals surface area contributed by atoms with Crippen LogP contribution < -0.4 is 10.6 Å². The van der Waals surface area contributed by atoms with Crippen LogP contribution in [-0.4, -0.2) is 59.1 Å². The van der Waals surface area contributed by atoms with Crippen LogP contribution in [0.3, 0.4) is 0 Å². The molecule has 3 heterocycles. The summed E-state index contributed by atoms with van der Waals surface area (Å²) in [7, 11) is 1.78. The zero-order valence-corrected chi connectivity index (χ0v) is 17.8. The minimum atomic E-state index is -0.833. The molecule has 11 nitrogen and oxygen atoms in total. The summed E-state index contributed by atoms with van der Waals surface area (Å²) in [5.74, 6) is -1.58. The lowest BCUT2D eigenvalue weighted by Gasteiger charge is -2.16. The first-order valence-corrected chi connectivity index (χ1v) is 10.1. The molecule has 3 aromatic rings. The first-order valence-electron chi connectivity index (χ1n) is 10.1. The third kappa shape index (κ3) is 5.49. The Kier molecular flexibility index (Phi) is 7.21. The number of nitrogens with zero attached hydrogens (tertiary/aromatic N) is 4. The van der Waals surface area contributed by atoms with E-state index in [-0.39, 0.29) is 17.7 Å². The SMILES string of the molecule is CC(=O)O.Cn1cccc1C(=O)N[C@@H]1C[C@H](C(=O)NCc2cnc3cnccn23)C[C@H]1O. The summed E-state index contributed by atoms with van der Waals surface area (Å²) in [5.41, 5.74) is 2.08. The van der Waals surface area contributed by atoms with Gasteiger partial charge >= 0.3 is 0 Å². The fourth-order valence-corrected chi connectivity index (χ4v) is 3.67. The lowest BCUT2D eigenvalue weighted by Crippen LogP contribution is -2.40. The number of imidazole rings is 1. The molecule has 2 amide bonds. The highest BCUT2D eigenvalue weighted by molar-refractivity contribution is 5.93. The van der Waals surface area contributed by atoms with Crippen LogP contribution in [0.2, 0.25) is 0 Å². The number of aryl methyl sites for hydroxylation is 1. The van der Waals surface area contributed by atoms with Crippen molar-refractivity contribution in [3.8, 4) is 0 Å². The Labute approximate surface area is 184 Å². The molecule has 0 radical (unpaired) electrons. The van der Waals surface area contributed by atoms with E-state index in [9.17, 15) is 14.7 Å². The second-order valence-corrected chi connectivity index (χ2v) is 7.61. The molecular weight excluding hydrogens is 416 g/mol. The molecule has 32 heavy (non-hydrogen) atoms. The van der Waals surface area contributed by atoms with Crippen LogP contribution in [0.15, 0.2) is 43.1 Å². The highest BCUT2D eigenvalue weighted by Crippen LogP contribution is 2.27. The first-order chi connectivity index (χ1) is 15.3. The summed E-state index contributed by atoms with van der Waals surface area (Å²) in [5, 5.41) is 23.5. The van der Waals surface area contributed by atoms with Crippen LogP contribution in [0, 0.1) is 5.92 Å². The lowest BCUT2D eigenvalue weighted by atomic mass is 10.1. The molecule has 1 aliphatic rings. The van der Waals surface area contributed by atoms with Crippen LogP contribution in [0.1, 0.15) is 35.9 Å². The quantitative estimate of drug-likeness (QED) is 0.445. The summed E-state index contributed by atoms with van der Waals surface area (Å²) < 4.78 is 3.58. The minimum absolute atomic E-state index is 0.140. The number of fused-ring (bicyclic) bond motifs is 1. The molecule has 3 atom stereocenters. The number of carboxylic acid groups (broad SMARTS) is 1. The maximum Gasteiger partial charge on any atom is 0.300 e. The summed E-state index contributed by atoms with van der Waals surface area (Å²) in [6, 6.07) is 3.05. The van der Waals surface area contributed by atoms with E-state index in [1.165, 1.54) is 0 Å². The zero-order valence-electron chi connectivity index (χ0n) is 17.8. The highest BCUT2D eigenvalue weighted by atomic mass is 16.4. The van der Waals surface area contributed by atoms with Gasteiger partial charge < -0.3 is 25.4 Å². The molecule has 0 aromatic carbocycles. The number of carbonyl (C=O) groups is 3. The number of hydrogen-bond acceptors (Lipinski definition) is 6. The van der Waals surface area contributed by atoms with Crippen molar-refractivity contribution in [1.29, 1.82) is 0 Å². The molecule has 1 fully saturated rings. The van der Waals surface area contributed by atoms with Crippen molar-refractivity contribution in [1.82, 2.24) is 29.6 Å². The van der Waals surface area contributed by atoms with E-state index >= 15 is 0 Å². The summed E-state index contributed by atoms with van der Waals surface area (Å²) in [4.78, 5) is 42.2. The number of aliphatic hydroxyl groups excluding tert-OH is 1. The number of rotatable bonds is 5. The normalized spacial score (nSPS) is 19.8. The Bertz CT molecular complexity index is 1100. The molecule has 170 valence electrons. The van der Waals surface area contributed by atoms with Gasteiger partial charge in [0.05, 0.1) is 36.8 Å². The van der Waals surface area contributed by atoms with Crippen molar-refractivity contribution in [2.75, 3.05) is 0 Å². The fourth-order valence-electron chi connectivity index (χ4n) is 3.67. The molecule has 0 unspecified atom stereocenters. The third-order valence-corrected chi connectivity index (χ3v) is 5.23. The van der Waals surface area contributed by atoms with Crippen molar-refractivity contribution in [3.63, 3.8) is 0 Å². The number of hydrogen-bond donors (Lipinski definition) is 4. The van der Waals surface area contributed by atoms with E-state index in [1.54, 1.807) is 54.7 Å². The van der Waals surface area contributed by atoms with E-state index in [0.717, 1.165) is 12.6 Å². The van der Waals surface area contributed by atoms with Crippen LogP contribution >= 0.6 is 0 Å². The average Bonchev–Trinajstić information content (AvgIpc) is 3.45. The summed E-state index contributed by atoms with van der Waals surface area (Å²) in [6.07, 6.45) is 8.56. The summed E-state index contributed by atoms with van der Waals surface area (Å²) in [6.45, 7) is 1.41. The van der Waals surface area contributed by atoms with E-state index in [2.05, 4.69) is 20.6 Å². The average molecular weight is 442 g/mol. The van der Waals surface area contributed by atoms with Crippen molar-refractivity contribution in [2.45, 2.75) is 38.5 Å². The third-order valence-electron chi connectivity index (χ3n) is 5.23. The van der Waals surface area contributed by atoms with Gasteiger partial charge in [-0.05, 0) is 25.0 Å². The fraction of sp³-hybridized carbons (Fsp3) is 0.381. The van der Waals surface area contributed by atoms with Crippen LogP contribution in [0.25, 0.3) is 5.65 Å². The van der Waals surface area contributed by atoms with Gasteiger partial charge in [0.25, 0.3) is 11.9 Å². The molecule has 0 aliphatic heterocycles. The number of carboxylic acids is 1. The lowest BCUT2D eigenvalue weighted by molar-refractivity contribution is -0.134. The predicted molar refractivity (Wildman–Crippen MR) is 114 cm³/mol. The number of aromatic nitrogens is 4. The largest absolute Gasteiger partial charge is 0.481 e. The number of aliphatic hydroxyl groups is 1. The first kappa shape index (κ1) is 22.9. The molecular formula is C21H26N6O5. The van der Waals surface area contributed by atoms with Gasteiger partial charge in [0.15, 0.2) is 5.65 Å². The van der Waals surface area contributed by atoms with Crippen molar-refractivity contribution in [2.24, 2.45) is 13.0 Å². The molecule has 0 spiro atoms. The van der Waals surface area contributed by atoms with Gasteiger partial charge in [-0.2, -0.15) is 0 Å². The molecule has 4 N–H and O–H groups in total. The number of nitrogens with one attached hydrogen (secondary N) is 2. The van der Waals surface area contributed by atoms with Gasteiger partial charge in [-0.15, -0.1) is 0 Å². The Morgan fingerprint density at radius 3 is 2.66 bits per heavy atom. The van der Waals surface area contributed by atoms with Gasteiger partial charge in [-0.3, -0.25) is 23.8 Å². The monoisotopic (exact) mass is 442 g/mol. The molecule has 1 saturated carbocycles. The second kappa shape index (κ2) is 10.1. The summed E-state index contributed by atoms with van der Waals surface area (Å²) >= 11 is 0. The van der Waals surface area contributed by atoms with Crippen molar-refractivity contribution < 1.29 is 24.6 Å². The van der Waals surface area contributed by atoms with Gasteiger partial charge in [-0.25, -0.2) is 4.98 Å². The van der Waals surface area contributed by atoms with Gasteiger partial charge in [-0.1, -0.05) is 0 Å². The molecule has 3 aromatic heterocycles. The van der Waals surface area contributed by atoms with Crippen LogP contribution in [0.5, 0.6) is 0 Å². The Balaban J connectivity index is 0.000000668. The highest BCUT2D eigenvalue weighted by Gasteiger charge is 2.38. The zero-order chi connectivity index (χ0) is 23.3. The van der Waals surface area contributed by atoms with Gasteiger partial charge in [0, 0.05) is 38.5 Å². The molecule has 0 bridgehead atoms. The predicted octanol–water partition coefficient (Wildman–Crippen LogP) is 0.344. The van der Waals surface area contributed by atoms with Gasteiger partial charge in [0.1, 0.15) is 5.69 Å². The number of amides is 2. The molecule has 4 rings (SSSR count). The maximum absolute atomic E-state index is 12.6. The topological polar surface area (TPSA) is 151 Å². The van der Waals surface area contributed by atoms with Gasteiger partial charge in [0.2, 0.25) is 5.91 Å². The maximum atomic E-state index is 12.6. The van der Waals surface area contributed by atoms with E-state index in [4.69, 9.17) is 9.90 Å². The minimum Gasteiger partial charge on any atom is -0.481 e.